The van der Waals surface area contributed by atoms with E-state index in [0.29, 0.717) is 6.54 Å². The second kappa shape index (κ2) is 7.98. The van der Waals surface area contributed by atoms with Crippen molar-refractivity contribution in [1.82, 2.24) is 10.2 Å². The number of alkyl carbamates (subject to hydrolysis) is 1. The Labute approximate surface area is 145 Å². The van der Waals surface area contributed by atoms with E-state index in [0.717, 1.165) is 5.56 Å². The van der Waals surface area contributed by atoms with Crippen LogP contribution in [0, 0.1) is 0 Å². The second-order valence-electron chi connectivity index (χ2n) is 6.93. The molecule has 0 aromatic heterocycles. The lowest BCUT2D eigenvalue weighted by atomic mass is 10.1. The first-order valence-electron chi connectivity index (χ1n) is 7.91. The Morgan fingerprint density at radius 2 is 1.75 bits per heavy atom. The lowest BCUT2D eigenvalue weighted by molar-refractivity contribution is 0.0496. The highest BCUT2D eigenvalue weighted by Crippen LogP contribution is 2.19. The highest BCUT2D eigenvalue weighted by Gasteiger charge is 2.21. The maximum Gasteiger partial charge on any atom is 0.408 e. The van der Waals surface area contributed by atoms with Gasteiger partial charge in [0.2, 0.25) is 0 Å². The zero-order valence-electron chi connectivity index (χ0n) is 15.3. The van der Waals surface area contributed by atoms with Crippen LogP contribution in [0.2, 0.25) is 0 Å². The molecule has 6 nitrogen and oxygen atoms in total. The number of nitrogens with one attached hydrogen (secondary N) is 1. The van der Waals surface area contributed by atoms with Crippen molar-refractivity contribution in [3.63, 3.8) is 0 Å². The zero-order chi connectivity index (χ0) is 18.5. The molecule has 0 heterocycles. The molecule has 0 saturated heterocycles. The molecule has 0 aliphatic rings. The average molecular weight is 356 g/mol. The first-order valence-corrected chi connectivity index (χ1v) is 9.57. The SMILES string of the molecule is CCS(=O)(=O)c1ccc([C@H](CN(C)C)NC(=O)OC(C)(C)C)cc1. The number of hydrogen-bond acceptors (Lipinski definition) is 5. The van der Waals surface area contributed by atoms with Gasteiger partial charge in [-0.15, -0.1) is 0 Å². The summed E-state index contributed by atoms with van der Waals surface area (Å²) >= 11 is 0. The first-order chi connectivity index (χ1) is 10.9. The fourth-order valence-corrected chi connectivity index (χ4v) is 3.01. The van der Waals surface area contributed by atoms with Crippen molar-refractivity contribution in [3.8, 4) is 0 Å². The molecule has 1 amide bonds. The van der Waals surface area contributed by atoms with E-state index in [1.165, 1.54) is 0 Å². The maximum absolute atomic E-state index is 12.0. The third kappa shape index (κ3) is 6.49. The number of likely N-dealkylation sites (N-methyl/N-ethyl adjacent to an activating group) is 1. The topological polar surface area (TPSA) is 75.7 Å². The highest BCUT2D eigenvalue weighted by molar-refractivity contribution is 7.91. The Bertz CT molecular complexity index is 646. The van der Waals surface area contributed by atoms with Crippen LogP contribution >= 0.6 is 0 Å². The van der Waals surface area contributed by atoms with Crippen molar-refractivity contribution < 1.29 is 17.9 Å². The van der Waals surface area contributed by atoms with E-state index in [9.17, 15) is 13.2 Å². The van der Waals surface area contributed by atoms with Crippen LogP contribution in [0.3, 0.4) is 0 Å². The quantitative estimate of drug-likeness (QED) is 0.848. The fraction of sp³-hybridized carbons (Fsp3) is 0.588. The predicted molar refractivity (Wildman–Crippen MR) is 94.8 cm³/mol. The van der Waals surface area contributed by atoms with E-state index in [2.05, 4.69) is 5.32 Å². The molecule has 0 bridgehead atoms. The van der Waals surface area contributed by atoms with Gasteiger partial charge in [0.05, 0.1) is 16.7 Å². The number of hydrogen-bond donors (Lipinski definition) is 1. The molecule has 7 heteroatoms. The smallest absolute Gasteiger partial charge is 0.408 e. The molecule has 0 saturated carbocycles. The highest BCUT2D eigenvalue weighted by atomic mass is 32.2. The normalized spacial score (nSPS) is 13.6. The van der Waals surface area contributed by atoms with E-state index in [1.54, 1.807) is 52.0 Å². The molecule has 24 heavy (non-hydrogen) atoms. The first kappa shape index (κ1) is 20.4. The van der Waals surface area contributed by atoms with Crippen LogP contribution in [0.4, 0.5) is 4.79 Å². The summed E-state index contributed by atoms with van der Waals surface area (Å²) in [6.45, 7) is 7.59. The Morgan fingerprint density at radius 3 is 2.17 bits per heavy atom. The van der Waals surface area contributed by atoms with Crippen molar-refractivity contribution in [1.29, 1.82) is 0 Å². The molecule has 1 N–H and O–H groups in total. The van der Waals surface area contributed by atoms with Gasteiger partial charge in [-0.1, -0.05) is 19.1 Å². The van der Waals surface area contributed by atoms with Gasteiger partial charge in [0.15, 0.2) is 9.84 Å². The van der Waals surface area contributed by atoms with Crippen LogP contribution in [-0.4, -0.2) is 51.4 Å². The minimum atomic E-state index is -3.23. The standard InChI is InChI=1S/C17H28N2O4S/c1-7-24(21,22)14-10-8-13(9-11-14)15(12-19(5)6)18-16(20)23-17(2,3)4/h8-11,15H,7,12H2,1-6H3,(H,18,20)/t15-/m0/s1. The van der Waals surface area contributed by atoms with Gasteiger partial charge >= 0.3 is 6.09 Å². The number of amides is 1. The van der Waals surface area contributed by atoms with Gasteiger partial charge in [0, 0.05) is 6.54 Å². The van der Waals surface area contributed by atoms with Gasteiger partial charge in [0.25, 0.3) is 0 Å². The van der Waals surface area contributed by atoms with E-state index < -0.39 is 21.5 Å². The van der Waals surface area contributed by atoms with Gasteiger partial charge in [0.1, 0.15) is 5.60 Å². The summed E-state index contributed by atoms with van der Waals surface area (Å²) in [6, 6.07) is 6.32. The Kier molecular flexibility index (Phi) is 6.80. The van der Waals surface area contributed by atoms with Crippen LogP contribution in [0.5, 0.6) is 0 Å². The minimum Gasteiger partial charge on any atom is -0.444 e. The molecule has 1 aromatic rings. The number of carbonyl (C=O) groups excluding carboxylic acids is 1. The third-order valence-electron chi connectivity index (χ3n) is 3.26. The van der Waals surface area contributed by atoms with Gasteiger partial charge in [-0.2, -0.15) is 0 Å². The summed E-state index contributed by atoms with van der Waals surface area (Å²) in [5.41, 5.74) is 0.246. The summed E-state index contributed by atoms with van der Waals surface area (Å²) in [5.74, 6) is 0.0592. The van der Waals surface area contributed by atoms with Crippen LogP contribution in [-0.2, 0) is 14.6 Å². The number of rotatable bonds is 6. The van der Waals surface area contributed by atoms with E-state index >= 15 is 0 Å². The second-order valence-corrected chi connectivity index (χ2v) is 9.21. The fourth-order valence-electron chi connectivity index (χ4n) is 2.12. The molecule has 0 fully saturated rings. The monoisotopic (exact) mass is 356 g/mol. The summed E-state index contributed by atoms with van der Waals surface area (Å²) in [7, 11) is 0.572. The molecule has 0 aliphatic carbocycles. The summed E-state index contributed by atoms with van der Waals surface area (Å²) in [5, 5.41) is 2.84. The third-order valence-corrected chi connectivity index (χ3v) is 5.01. The molecule has 1 rings (SSSR count). The van der Waals surface area contributed by atoms with Crippen LogP contribution < -0.4 is 5.32 Å². The Morgan fingerprint density at radius 1 is 1.21 bits per heavy atom. The van der Waals surface area contributed by atoms with Crippen LogP contribution in [0.25, 0.3) is 0 Å². The van der Waals surface area contributed by atoms with Crippen LogP contribution in [0.15, 0.2) is 29.2 Å². The molecular formula is C17H28N2O4S. The van der Waals surface area contributed by atoms with Gasteiger partial charge in [-0.3, -0.25) is 0 Å². The molecule has 0 unspecified atom stereocenters. The van der Waals surface area contributed by atoms with Crippen molar-refractivity contribution >= 4 is 15.9 Å². The maximum atomic E-state index is 12.0. The van der Waals surface area contributed by atoms with Crippen molar-refractivity contribution in [2.75, 3.05) is 26.4 Å². The number of ether oxygens (including phenoxy) is 1. The number of carbonyl (C=O) groups is 1. The summed E-state index contributed by atoms with van der Waals surface area (Å²) < 4.78 is 29.1. The van der Waals surface area contributed by atoms with Crippen molar-refractivity contribution in [2.24, 2.45) is 0 Å². The molecule has 0 radical (unpaired) electrons. The molecule has 1 aromatic carbocycles. The zero-order valence-corrected chi connectivity index (χ0v) is 16.1. The summed E-state index contributed by atoms with van der Waals surface area (Å²) in [4.78, 5) is 14.3. The summed E-state index contributed by atoms with van der Waals surface area (Å²) in [6.07, 6.45) is -0.500. The minimum absolute atomic E-state index is 0.0592. The number of benzene rings is 1. The predicted octanol–water partition coefficient (Wildman–Crippen LogP) is 2.61. The number of nitrogens with zero attached hydrogens (tertiary/aromatic N) is 1. The van der Waals surface area contributed by atoms with E-state index in [4.69, 9.17) is 4.74 Å². The van der Waals surface area contributed by atoms with E-state index in [-0.39, 0.29) is 16.7 Å². The average Bonchev–Trinajstić information content (AvgIpc) is 2.44. The Hall–Kier alpha value is -1.60. The van der Waals surface area contributed by atoms with Crippen molar-refractivity contribution in [2.45, 2.75) is 44.2 Å². The lowest BCUT2D eigenvalue weighted by Crippen LogP contribution is -2.38. The Balaban J connectivity index is 2.98. The van der Waals surface area contributed by atoms with Crippen LogP contribution in [0.1, 0.15) is 39.3 Å². The van der Waals surface area contributed by atoms with Gasteiger partial charge < -0.3 is 15.0 Å². The largest absolute Gasteiger partial charge is 0.444 e. The van der Waals surface area contributed by atoms with Gasteiger partial charge in [-0.25, -0.2) is 13.2 Å². The molecule has 0 spiro atoms. The van der Waals surface area contributed by atoms with E-state index in [1.807, 2.05) is 19.0 Å². The lowest BCUT2D eigenvalue weighted by Gasteiger charge is -2.26. The number of sulfone groups is 1. The molecular weight excluding hydrogens is 328 g/mol. The molecule has 0 aliphatic heterocycles. The van der Waals surface area contributed by atoms with Crippen molar-refractivity contribution in [3.05, 3.63) is 29.8 Å². The molecule has 1 atom stereocenters. The molecule has 136 valence electrons. The van der Waals surface area contributed by atoms with Gasteiger partial charge in [-0.05, 0) is 52.6 Å².